The van der Waals surface area contributed by atoms with Crippen molar-refractivity contribution in [1.29, 1.82) is 0 Å². The van der Waals surface area contributed by atoms with Gasteiger partial charge >= 0.3 is 0 Å². The third-order valence-electron chi connectivity index (χ3n) is 8.85. The number of hydrogen-bond donors (Lipinski definition) is 3. The third kappa shape index (κ3) is 11.3. The molecule has 59 heavy (non-hydrogen) atoms. The van der Waals surface area contributed by atoms with Gasteiger partial charge in [0.1, 0.15) is 29.1 Å². The molecule has 7 aromatic rings. The highest BCUT2D eigenvalue weighted by molar-refractivity contribution is 8.00. The van der Waals surface area contributed by atoms with E-state index in [1.807, 2.05) is 140 Å². The highest BCUT2D eigenvalue weighted by Crippen LogP contribution is 2.38. The number of rotatable bonds is 16. The van der Waals surface area contributed by atoms with Gasteiger partial charge in [0.25, 0.3) is 11.8 Å². The summed E-state index contributed by atoms with van der Waals surface area (Å²) in [6.45, 7) is 2.94. The molecule has 0 aliphatic heterocycles. The van der Waals surface area contributed by atoms with Crippen LogP contribution in [0.15, 0.2) is 180 Å². The van der Waals surface area contributed by atoms with Crippen LogP contribution >= 0.6 is 23.1 Å². The van der Waals surface area contributed by atoms with E-state index in [2.05, 4.69) is 20.9 Å². The minimum absolute atomic E-state index is 0.0458. The van der Waals surface area contributed by atoms with Crippen molar-refractivity contribution in [3.8, 4) is 22.8 Å². The number of amides is 3. The maximum Gasteiger partial charge on any atom is 0.272 e. The van der Waals surface area contributed by atoms with Crippen LogP contribution in [0.1, 0.15) is 39.2 Å². The van der Waals surface area contributed by atoms with Crippen molar-refractivity contribution >= 4 is 57.7 Å². The number of nitrogens with zero attached hydrogens (tertiary/aromatic N) is 1. The Bertz CT molecular complexity index is 2510. The maximum absolute atomic E-state index is 13.9. The number of thioether (sulfide) groups is 1. The van der Waals surface area contributed by atoms with Gasteiger partial charge in [0.05, 0.1) is 12.3 Å². The van der Waals surface area contributed by atoms with Crippen LogP contribution in [0, 0.1) is 0 Å². The molecule has 1 aromatic heterocycles. The lowest BCUT2D eigenvalue weighted by molar-refractivity contribution is -0.116. The van der Waals surface area contributed by atoms with Crippen LogP contribution in [-0.4, -0.2) is 29.3 Å². The molecular weight excluding hydrogens is 777 g/mol. The SMILES string of the molecule is CCOc1ccc(-c2csc(NC(=O)C(Sc3cccc(NC(=O)/C(=C/c4ccc(OCc5ccccc5)cc4)NC(=O)c4ccccc4)c3)c3ccccc3)n2)cc1. The molecule has 0 bridgehead atoms. The van der Waals surface area contributed by atoms with Crippen molar-refractivity contribution in [2.45, 2.75) is 23.7 Å². The van der Waals surface area contributed by atoms with Gasteiger partial charge < -0.3 is 25.4 Å². The summed E-state index contributed by atoms with van der Waals surface area (Å²) in [5.74, 6) is 0.258. The standard InChI is InChI=1S/C48H40N4O5S2/c1-2-56-39-27-23-35(24-28-39)43-32-58-48(51-43)52-47(55)44(36-15-8-4-9-16-36)59-41-20-12-19-38(30-41)49-46(54)42(50-45(53)37-17-10-5-11-18-37)29-33-21-25-40(26-22-33)57-31-34-13-6-3-7-14-34/h3-30,32,44H,2,31H2,1H3,(H,49,54)(H,50,53)(H,51,52,55)/b42-29-. The summed E-state index contributed by atoms with van der Waals surface area (Å²) in [6, 6.07) is 50.3. The number of aromatic nitrogens is 1. The normalized spacial score (nSPS) is 11.6. The molecule has 0 radical (unpaired) electrons. The minimum atomic E-state index is -0.639. The predicted octanol–water partition coefficient (Wildman–Crippen LogP) is 10.7. The van der Waals surface area contributed by atoms with E-state index in [9.17, 15) is 14.4 Å². The molecule has 0 saturated heterocycles. The molecule has 0 aliphatic carbocycles. The molecule has 9 nitrogen and oxygen atoms in total. The topological polar surface area (TPSA) is 119 Å². The lowest BCUT2D eigenvalue weighted by Gasteiger charge is -2.17. The molecule has 0 spiro atoms. The highest BCUT2D eigenvalue weighted by atomic mass is 32.2. The minimum Gasteiger partial charge on any atom is -0.494 e. The average molecular weight is 817 g/mol. The summed E-state index contributed by atoms with van der Waals surface area (Å²) in [5, 5.41) is 10.5. The Morgan fingerprint density at radius 1 is 0.729 bits per heavy atom. The van der Waals surface area contributed by atoms with Gasteiger partial charge in [0.15, 0.2) is 5.13 Å². The van der Waals surface area contributed by atoms with Gasteiger partial charge in [-0.2, -0.15) is 0 Å². The molecular formula is C48H40N4O5S2. The average Bonchev–Trinajstić information content (AvgIpc) is 3.74. The zero-order valence-electron chi connectivity index (χ0n) is 32.0. The van der Waals surface area contributed by atoms with E-state index in [4.69, 9.17) is 9.47 Å². The number of carbonyl (C=O) groups is 3. The van der Waals surface area contributed by atoms with E-state index in [0.29, 0.717) is 40.9 Å². The number of benzene rings is 6. The second-order valence-electron chi connectivity index (χ2n) is 13.1. The van der Waals surface area contributed by atoms with Crippen molar-refractivity contribution in [2.75, 3.05) is 17.2 Å². The Morgan fingerprint density at radius 3 is 2.10 bits per heavy atom. The van der Waals surface area contributed by atoms with Crippen LogP contribution in [0.5, 0.6) is 11.5 Å². The first-order chi connectivity index (χ1) is 28.9. The molecule has 1 atom stereocenters. The number of hydrogen-bond acceptors (Lipinski definition) is 8. The van der Waals surface area contributed by atoms with Crippen LogP contribution in [0.25, 0.3) is 17.3 Å². The lowest BCUT2D eigenvalue weighted by atomic mass is 10.1. The Morgan fingerprint density at radius 2 is 1.39 bits per heavy atom. The fraction of sp³-hybridized carbons (Fsp3) is 0.0833. The van der Waals surface area contributed by atoms with Gasteiger partial charge in [-0.3, -0.25) is 14.4 Å². The summed E-state index contributed by atoms with van der Waals surface area (Å²) < 4.78 is 11.5. The van der Waals surface area contributed by atoms with Crippen LogP contribution < -0.4 is 25.4 Å². The molecule has 0 saturated carbocycles. The Labute approximate surface area is 351 Å². The summed E-state index contributed by atoms with van der Waals surface area (Å²) in [6.07, 6.45) is 1.62. The third-order valence-corrected chi connectivity index (χ3v) is 10.9. The van der Waals surface area contributed by atoms with Crippen molar-refractivity contribution in [3.63, 3.8) is 0 Å². The molecule has 3 N–H and O–H groups in total. The fourth-order valence-corrected chi connectivity index (χ4v) is 7.72. The summed E-state index contributed by atoms with van der Waals surface area (Å²) in [4.78, 5) is 46.6. The van der Waals surface area contributed by atoms with Gasteiger partial charge in [-0.25, -0.2) is 4.98 Å². The van der Waals surface area contributed by atoms with Crippen LogP contribution in [0.2, 0.25) is 0 Å². The zero-order valence-corrected chi connectivity index (χ0v) is 33.7. The van der Waals surface area contributed by atoms with Gasteiger partial charge in [-0.15, -0.1) is 23.1 Å². The first-order valence-corrected chi connectivity index (χ1v) is 20.6. The van der Waals surface area contributed by atoms with Crippen LogP contribution in [-0.2, 0) is 16.2 Å². The van der Waals surface area contributed by atoms with E-state index in [0.717, 1.165) is 33.0 Å². The zero-order chi connectivity index (χ0) is 40.8. The number of nitrogens with one attached hydrogen (secondary N) is 3. The summed E-state index contributed by atoms with van der Waals surface area (Å²) in [7, 11) is 0. The Kier molecular flexibility index (Phi) is 13.6. The largest absolute Gasteiger partial charge is 0.494 e. The van der Waals surface area contributed by atoms with Crippen molar-refractivity contribution in [3.05, 3.63) is 197 Å². The van der Waals surface area contributed by atoms with Gasteiger partial charge in [-0.1, -0.05) is 97.1 Å². The van der Waals surface area contributed by atoms with E-state index in [1.54, 1.807) is 42.5 Å². The van der Waals surface area contributed by atoms with E-state index >= 15 is 0 Å². The van der Waals surface area contributed by atoms with E-state index < -0.39 is 17.1 Å². The second-order valence-corrected chi connectivity index (χ2v) is 15.1. The molecule has 1 heterocycles. The Balaban J connectivity index is 1.07. The monoisotopic (exact) mass is 816 g/mol. The molecule has 0 fully saturated rings. The first kappa shape index (κ1) is 40.3. The van der Waals surface area contributed by atoms with Crippen molar-refractivity contribution in [1.82, 2.24) is 10.3 Å². The summed E-state index contributed by atoms with van der Waals surface area (Å²) in [5.41, 5.74) is 5.13. The highest BCUT2D eigenvalue weighted by Gasteiger charge is 2.24. The number of ether oxygens (including phenoxy) is 2. The molecule has 11 heteroatoms. The first-order valence-electron chi connectivity index (χ1n) is 18.9. The van der Waals surface area contributed by atoms with Gasteiger partial charge in [0, 0.05) is 27.1 Å². The predicted molar refractivity (Wildman–Crippen MR) is 237 cm³/mol. The molecule has 3 amide bonds. The molecule has 7 rings (SSSR count). The summed E-state index contributed by atoms with van der Waals surface area (Å²) >= 11 is 2.70. The van der Waals surface area contributed by atoms with Gasteiger partial charge in [-0.05, 0) is 96.4 Å². The molecule has 6 aromatic carbocycles. The van der Waals surface area contributed by atoms with Crippen LogP contribution in [0.4, 0.5) is 10.8 Å². The van der Waals surface area contributed by atoms with E-state index in [-0.39, 0.29) is 11.6 Å². The number of anilines is 2. The second kappa shape index (κ2) is 20.0. The van der Waals surface area contributed by atoms with Crippen molar-refractivity contribution < 1.29 is 23.9 Å². The van der Waals surface area contributed by atoms with Crippen LogP contribution in [0.3, 0.4) is 0 Å². The lowest BCUT2D eigenvalue weighted by Crippen LogP contribution is -2.30. The molecule has 294 valence electrons. The quantitative estimate of drug-likeness (QED) is 0.0656. The van der Waals surface area contributed by atoms with Gasteiger partial charge in [0.2, 0.25) is 5.91 Å². The number of thiazole rings is 1. The number of carbonyl (C=O) groups excluding carboxylic acids is 3. The maximum atomic E-state index is 13.9. The van der Waals surface area contributed by atoms with E-state index in [1.165, 1.54) is 23.1 Å². The van der Waals surface area contributed by atoms with Crippen molar-refractivity contribution in [2.24, 2.45) is 0 Å². The molecule has 0 aliphatic rings. The fourth-order valence-electron chi connectivity index (χ4n) is 5.92. The smallest absolute Gasteiger partial charge is 0.272 e. The Hall–Kier alpha value is -6.95. The molecule has 1 unspecified atom stereocenters.